The molecular formula is C28H42N6. The van der Waals surface area contributed by atoms with Gasteiger partial charge in [-0.2, -0.15) is 0 Å². The van der Waals surface area contributed by atoms with Crippen LogP contribution in [0.5, 0.6) is 0 Å². The Balaban J connectivity index is 0.000000440. The summed E-state index contributed by atoms with van der Waals surface area (Å²) in [6.45, 7) is 15.6. The molecule has 0 aliphatic carbocycles. The van der Waals surface area contributed by atoms with Crippen LogP contribution in [0.3, 0.4) is 0 Å². The molecule has 0 radical (unpaired) electrons. The van der Waals surface area contributed by atoms with Gasteiger partial charge in [0.05, 0.1) is 11.7 Å². The lowest BCUT2D eigenvalue weighted by Crippen LogP contribution is -2.35. The van der Waals surface area contributed by atoms with Gasteiger partial charge in [0.15, 0.2) is 0 Å². The van der Waals surface area contributed by atoms with Crippen LogP contribution < -0.4 is 22.3 Å². The minimum Gasteiger partial charge on any atom is -0.403 e. The number of hydrogen-bond donors (Lipinski definition) is 4. The fourth-order valence-electron chi connectivity index (χ4n) is 4.30. The fourth-order valence-corrected chi connectivity index (χ4v) is 4.30. The number of nitrogens with two attached hydrogens (primary N) is 2. The Labute approximate surface area is 205 Å². The summed E-state index contributed by atoms with van der Waals surface area (Å²) in [5.74, 6) is 5.51. The van der Waals surface area contributed by atoms with E-state index in [2.05, 4.69) is 99.1 Å². The Morgan fingerprint density at radius 3 is 2.41 bits per heavy atom. The van der Waals surface area contributed by atoms with Crippen LogP contribution in [-0.4, -0.2) is 29.5 Å². The van der Waals surface area contributed by atoms with E-state index >= 15 is 0 Å². The number of likely N-dealkylation sites (N-methyl/N-ethyl adjacent to an activating group) is 1. The number of aryl methyl sites for hydroxylation is 1. The van der Waals surface area contributed by atoms with Crippen molar-refractivity contribution in [2.75, 3.05) is 13.6 Å². The summed E-state index contributed by atoms with van der Waals surface area (Å²) in [6.07, 6.45) is 6.23. The van der Waals surface area contributed by atoms with Crippen molar-refractivity contribution in [1.82, 2.24) is 20.6 Å². The minimum absolute atomic E-state index is 0.0256. The van der Waals surface area contributed by atoms with E-state index in [1.807, 2.05) is 0 Å². The number of pyridine rings is 1. The van der Waals surface area contributed by atoms with Gasteiger partial charge in [-0.3, -0.25) is 15.7 Å². The molecule has 6 N–H and O–H groups in total. The average Bonchev–Trinajstić information content (AvgIpc) is 3.27. The summed E-state index contributed by atoms with van der Waals surface area (Å²) in [5, 5.41) is 3.70. The van der Waals surface area contributed by atoms with Crippen molar-refractivity contribution < 1.29 is 0 Å². The van der Waals surface area contributed by atoms with Gasteiger partial charge in [-0.1, -0.05) is 62.9 Å². The lowest BCUT2D eigenvalue weighted by atomic mass is 9.97. The number of benzene rings is 1. The van der Waals surface area contributed by atoms with Crippen LogP contribution in [0, 0.1) is 6.92 Å². The van der Waals surface area contributed by atoms with E-state index in [0.29, 0.717) is 18.4 Å². The van der Waals surface area contributed by atoms with Crippen LogP contribution in [0.2, 0.25) is 0 Å². The van der Waals surface area contributed by atoms with E-state index < -0.39 is 0 Å². The number of hydrogen-bond acceptors (Lipinski definition) is 6. The SMILES string of the molecule is C=C(NC(c1ccccc1)c1ccc(C(C)C)c(C)n1)C1CCCN1C.C=CC/C(=C/N)NN. The van der Waals surface area contributed by atoms with Gasteiger partial charge in [-0.15, -0.1) is 6.58 Å². The zero-order valence-electron chi connectivity index (χ0n) is 21.2. The van der Waals surface area contributed by atoms with Crippen molar-refractivity contribution in [1.29, 1.82) is 0 Å². The van der Waals surface area contributed by atoms with Gasteiger partial charge >= 0.3 is 0 Å². The van der Waals surface area contributed by atoms with Gasteiger partial charge < -0.3 is 16.5 Å². The second-order valence-electron chi connectivity index (χ2n) is 9.05. The lowest BCUT2D eigenvalue weighted by molar-refractivity contribution is 0.330. The smallest absolute Gasteiger partial charge is 0.0938 e. The van der Waals surface area contributed by atoms with Crippen molar-refractivity contribution in [3.05, 3.63) is 102 Å². The van der Waals surface area contributed by atoms with Crippen molar-refractivity contribution in [2.45, 2.75) is 58.0 Å². The molecule has 2 aromatic rings. The van der Waals surface area contributed by atoms with Crippen LogP contribution in [-0.2, 0) is 0 Å². The lowest BCUT2D eigenvalue weighted by Gasteiger charge is -2.28. The van der Waals surface area contributed by atoms with Gasteiger partial charge in [0.1, 0.15) is 0 Å². The van der Waals surface area contributed by atoms with E-state index in [-0.39, 0.29) is 6.04 Å². The van der Waals surface area contributed by atoms with E-state index in [1.165, 1.54) is 30.2 Å². The molecular weight excluding hydrogens is 420 g/mol. The third-order valence-corrected chi connectivity index (χ3v) is 6.20. The van der Waals surface area contributed by atoms with Gasteiger partial charge in [-0.05, 0) is 56.5 Å². The molecule has 2 unspecified atom stereocenters. The zero-order chi connectivity index (χ0) is 25.1. The monoisotopic (exact) mass is 462 g/mol. The van der Waals surface area contributed by atoms with Crippen LogP contribution in [0.25, 0.3) is 0 Å². The third kappa shape index (κ3) is 7.47. The second kappa shape index (κ2) is 13.6. The normalized spacial score (nSPS) is 17.0. The number of rotatable bonds is 9. The maximum Gasteiger partial charge on any atom is 0.0938 e. The molecule has 184 valence electrons. The highest BCUT2D eigenvalue weighted by Crippen LogP contribution is 2.27. The molecule has 0 bridgehead atoms. The number of nitrogens with one attached hydrogen (secondary N) is 2. The molecule has 1 aromatic carbocycles. The Morgan fingerprint density at radius 2 is 1.94 bits per heavy atom. The predicted octanol–water partition coefficient (Wildman–Crippen LogP) is 4.63. The summed E-state index contributed by atoms with van der Waals surface area (Å²) in [5.41, 5.74) is 14.1. The summed E-state index contributed by atoms with van der Waals surface area (Å²) in [7, 11) is 2.18. The van der Waals surface area contributed by atoms with E-state index in [9.17, 15) is 0 Å². The molecule has 3 rings (SSSR count). The Hall–Kier alpha value is -3.09. The van der Waals surface area contributed by atoms with E-state index in [0.717, 1.165) is 29.3 Å². The molecule has 6 heteroatoms. The maximum absolute atomic E-state index is 5.12. The van der Waals surface area contributed by atoms with Gasteiger partial charge in [0, 0.05) is 35.8 Å². The van der Waals surface area contributed by atoms with Crippen molar-refractivity contribution in [3.8, 4) is 0 Å². The first kappa shape index (κ1) is 27.2. The molecule has 6 nitrogen and oxygen atoms in total. The van der Waals surface area contributed by atoms with Crippen molar-refractivity contribution in [3.63, 3.8) is 0 Å². The fraction of sp³-hybridized carbons (Fsp3) is 0.393. The van der Waals surface area contributed by atoms with Crippen molar-refractivity contribution in [2.24, 2.45) is 11.6 Å². The Bertz CT molecular complexity index is 951. The number of likely N-dealkylation sites (tertiary alicyclic amines) is 1. The molecule has 2 heterocycles. The van der Waals surface area contributed by atoms with Crippen LogP contribution in [0.1, 0.15) is 67.6 Å². The Morgan fingerprint density at radius 1 is 1.24 bits per heavy atom. The molecule has 0 amide bonds. The first-order valence-electron chi connectivity index (χ1n) is 12.0. The topological polar surface area (TPSA) is 92.2 Å². The number of hydrazine groups is 1. The molecule has 1 saturated heterocycles. The summed E-state index contributed by atoms with van der Waals surface area (Å²) in [4.78, 5) is 7.34. The van der Waals surface area contributed by atoms with Crippen molar-refractivity contribution >= 4 is 0 Å². The summed E-state index contributed by atoms with van der Waals surface area (Å²) < 4.78 is 0. The van der Waals surface area contributed by atoms with Gasteiger partial charge in [0.2, 0.25) is 0 Å². The largest absolute Gasteiger partial charge is 0.403 e. The minimum atomic E-state index is 0.0256. The van der Waals surface area contributed by atoms with Crippen LogP contribution in [0.4, 0.5) is 0 Å². The molecule has 0 saturated carbocycles. The molecule has 1 aromatic heterocycles. The quantitative estimate of drug-likeness (QED) is 0.247. The average molecular weight is 463 g/mol. The van der Waals surface area contributed by atoms with Gasteiger partial charge in [0.25, 0.3) is 0 Å². The number of allylic oxidation sites excluding steroid dienone is 1. The van der Waals surface area contributed by atoms with E-state index in [4.69, 9.17) is 16.6 Å². The van der Waals surface area contributed by atoms with Crippen LogP contribution >= 0.6 is 0 Å². The molecule has 1 fully saturated rings. The first-order valence-corrected chi connectivity index (χ1v) is 12.0. The Kier molecular flexibility index (Phi) is 10.8. The van der Waals surface area contributed by atoms with E-state index in [1.54, 1.807) is 6.08 Å². The molecule has 2 atom stereocenters. The number of nitrogens with zero attached hydrogens (tertiary/aromatic N) is 2. The highest BCUT2D eigenvalue weighted by molar-refractivity contribution is 5.33. The summed E-state index contributed by atoms with van der Waals surface area (Å²) >= 11 is 0. The zero-order valence-corrected chi connectivity index (χ0v) is 21.2. The van der Waals surface area contributed by atoms with Crippen LogP contribution in [0.15, 0.2) is 79.3 Å². The molecule has 1 aliphatic rings. The maximum atomic E-state index is 5.12. The third-order valence-electron chi connectivity index (χ3n) is 6.20. The molecule has 1 aliphatic heterocycles. The first-order chi connectivity index (χ1) is 16.3. The highest BCUT2D eigenvalue weighted by Gasteiger charge is 2.26. The molecule has 0 spiro atoms. The standard InChI is InChI=1S/C23H31N3.C5H11N3/c1-16(2)20-13-14-21(24-17(20)3)23(19-10-7-6-8-11-19)25-18(4)22-12-9-15-26(22)5;1-2-3-5(4-6)8-7/h6-8,10-11,13-14,16,22-23,25H,4,9,12,15H2,1-3,5H3;2,4,8H,1,3,6-7H2/b;5-4-. The highest BCUT2D eigenvalue weighted by atomic mass is 15.2. The summed E-state index contributed by atoms with van der Waals surface area (Å²) in [6, 6.07) is 15.4. The number of aromatic nitrogens is 1. The molecule has 34 heavy (non-hydrogen) atoms. The van der Waals surface area contributed by atoms with Gasteiger partial charge in [-0.25, -0.2) is 0 Å². The predicted molar refractivity (Wildman–Crippen MR) is 144 cm³/mol. The second-order valence-corrected chi connectivity index (χ2v) is 9.05.